The van der Waals surface area contributed by atoms with Crippen LogP contribution in [0.5, 0.6) is 0 Å². The number of aliphatic hydroxyl groups excluding tert-OH is 1. The van der Waals surface area contributed by atoms with Crippen molar-refractivity contribution in [2.75, 3.05) is 6.61 Å². The lowest BCUT2D eigenvalue weighted by molar-refractivity contribution is -0.127. The molecule has 3 rings (SSSR count). The highest BCUT2D eigenvalue weighted by Crippen LogP contribution is 2.33. The van der Waals surface area contributed by atoms with Crippen LogP contribution in [0.25, 0.3) is 11.0 Å². The number of rotatable bonds is 2. The summed E-state index contributed by atoms with van der Waals surface area (Å²) in [6.45, 7) is 8.64. The van der Waals surface area contributed by atoms with Gasteiger partial charge in [0, 0.05) is 6.20 Å². The summed E-state index contributed by atoms with van der Waals surface area (Å²) in [6.07, 6.45) is 5.01. The Morgan fingerprint density at radius 3 is 2.40 bits per heavy atom. The predicted octanol–water partition coefficient (Wildman–Crippen LogP) is 2.80. The first kappa shape index (κ1) is 21.8. The van der Waals surface area contributed by atoms with Gasteiger partial charge < -0.3 is 24.6 Å². The van der Waals surface area contributed by atoms with Crippen molar-refractivity contribution in [1.82, 2.24) is 14.5 Å². The Morgan fingerprint density at radius 2 is 1.88 bits per heavy atom. The van der Waals surface area contributed by atoms with Crippen LogP contribution < -0.4 is 0 Å². The molecular weight excluding hydrogens is 346 g/mol. The molecule has 0 radical (unpaired) electrons. The summed E-state index contributed by atoms with van der Waals surface area (Å²) in [6, 6.07) is 0. The molecule has 1 aliphatic heterocycles. The van der Waals surface area contributed by atoms with Crippen LogP contribution in [-0.4, -0.2) is 48.4 Å². The van der Waals surface area contributed by atoms with Crippen LogP contribution in [0.3, 0.4) is 0 Å². The van der Waals surface area contributed by atoms with Gasteiger partial charge in [0.15, 0.2) is 5.79 Å². The third kappa shape index (κ3) is 6.20. The first-order chi connectivity index (χ1) is 11.7. The molecule has 25 heavy (non-hydrogen) atoms. The van der Waals surface area contributed by atoms with Gasteiger partial charge in [0.2, 0.25) is 0 Å². The van der Waals surface area contributed by atoms with Gasteiger partial charge in [0.25, 0.3) is 0 Å². The van der Waals surface area contributed by atoms with Crippen molar-refractivity contribution in [1.29, 1.82) is 0 Å². The van der Waals surface area contributed by atoms with Crippen LogP contribution in [0.15, 0.2) is 12.5 Å². The molecule has 2 atom stereocenters. The lowest BCUT2D eigenvalue weighted by Gasteiger charge is -2.14. The highest BCUT2D eigenvalue weighted by atomic mass is 35.5. The molecule has 0 aliphatic carbocycles. The van der Waals surface area contributed by atoms with E-state index in [2.05, 4.69) is 9.97 Å². The van der Waals surface area contributed by atoms with E-state index < -0.39 is 5.79 Å². The lowest BCUT2D eigenvalue weighted by atomic mass is 10.2. The summed E-state index contributed by atoms with van der Waals surface area (Å²) < 4.78 is 7.75. The number of nitrogens with zero attached hydrogens (tertiary/aromatic N) is 3. The van der Waals surface area contributed by atoms with Crippen LogP contribution >= 0.6 is 11.6 Å². The van der Waals surface area contributed by atoms with E-state index >= 15 is 0 Å². The van der Waals surface area contributed by atoms with Crippen LogP contribution in [-0.2, 0) is 4.74 Å². The molecule has 7 nitrogen and oxygen atoms in total. The number of aromatic nitrogens is 3. The standard InChI is InChI=1S/C12H14ClN3O2.C3H8O2.C2H6/c1-7-4-16(9-3-2-8(5-17)18-9)12-10(7)11(13)14-6-15-12;1-3(2,4)5;1-2/h4,6,8-9,17H,2-3,5H2,1H3;4-5H,1-2H3;1-2H3. The van der Waals surface area contributed by atoms with Crippen LogP contribution in [0.4, 0.5) is 0 Å². The second kappa shape index (κ2) is 9.45. The molecule has 1 saturated heterocycles. The molecule has 0 aromatic carbocycles. The smallest absolute Gasteiger partial charge is 0.156 e. The molecule has 0 spiro atoms. The summed E-state index contributed by atoms with van der Waals surface area (Å²) in [5, 5.41) is 26.6. The maximum Gasteiger partial charge on any atom is 0.156 e. The third-order valence-corrected chi connectivity index (χ3v) is 3.64. The lowest BCUT2D eigenvalue weighted by Crippen LogP contribution is -2.15. The zero-order valence-corrected chi connectivity index (χ0v) is 16.2. The maximum absolute atomic E-state index is 9.11. The fraction of sp³-hybridized carbons (Fsp3) is 0.647. The van der Waals surface area contributed by atoms with Crippen LogP contribution in [0.1, 0.15) is 52.3 Å². The first-order valence-electron chi connectivity index (χ1n) is 8.39. The molecular formula is C17H28ClN3O4. The number of ether oxygens (including phenoxy) is 1. The van der Waals surface area contributed by atoms with Crippen molar-refractivity contribution in [3.05, 3.63) is 23.2 Å². The van der Waals surface area contributed by atoms with Gasteiger partial charge in [0.05, 0.1) is 18.1 Å². The SMILES string of the molecule is CC.CC(C)(O)O.Cc1cn(C2CCC(CO)O2)c2ncnc(Cl)c12. The average Bonchev–Trinajstić information content (AvgIpc) is 3.13. The van der Waals surface area contributed by atoms with Gasteiger partial charge >= 0.3 is 0 Å². The van der Waals surface area contributed by atoms with Crippen molar-refractivity contribution in [3.63, 3.8) is 0 Å². The molecule has 3 N–H and O–H groups in total. The minimum absolute atomic E-state index is 0.0599. The summed E-state index contributed by atoms with van der Waals surface area (Å²) in [7, 11) is 0. The second-order valence-corrected chi connectivity index (χ2v) is 6.41. The molecule has 0 saturated carbocycles. The van der Waals surface area contributed by atoms with Gasteiger partial charge in [-0.1, -0.05) is 25.4 Å². The van der Waals surface area contributed by atoms with Gasteiger partial charge in [-0.3, -0.25) is 0 Å². The molecule has 8 heteroatoms. The number of fused-ring (bicyclic) bond motifs is 1. The van der Waals surface area contributed by atoms with Crippen molar-refractivity contribution in [2.45, 2.75) is 65.6 Å². The third-order valence-electron chi connectivity index (χ3n) is 3.35. The summed E-state index contributed by atoms with van der Waals surface area (Å²) >= 11 is 6.09. The number of halogens is 1. The zero-order valence-electron chi connectivity index (χ0n) is 15.4. The largest absolute Gasteiger partial charge is 0.394 e. The Hall–Kier alpha value is -1.25. The van der Waals surface area contributed by atoms with E-state index in [-0.39, 0.29) is 18.9 Å². The Labute approximate surface area is 153 Å². The van der Waals surface area contributed by atoms with Crippen molar-refractivity contribution in [2.24, 2.45) is 0 Å². The molecule has 1 aliphatic rings. The van der Waals surface area contributed by atoms with Gasteiger partial charge in [-0.25, -0.2) is 9.97 Å². The monoisotopic (exact) mass is 373 g/mol. The van der Waals surface area contributed by atoms with Crippen molar-refractivity contribution >= 4 is 22.6 Å². The van der Waals surface area contributed by atoms with E-state index in [9.17, 15) is 0 Å². The minimum Gasteiger partial charge on any atom is -0.394 e. The van der Waals surface area contributed by atoms with E-state index in [1.807, 2.05) is 31.5 Å². The summed E-state index contributed by atoms with van der Waals surface area (Å²) in [5.41, 5.74) is 1.82. The molecule has 2 aromatic rings. The van der Waals surface area contributed by atoms with Gasteiger partial charge in [-0.15, -0.1) is 0 Å². The number of aliphatic hydroxyl groups is 3. The number of aryl methyl sites for hydroxylation is 1. The topological polar surface area (TPSA) is 101 Å². The second-order valence-electron chi connectivity index (χ2n) is 6.05. The number of hydrogen-bond donors (Lipinski definition) is 3. The van der Waals surface area contributed by atoms with Gasteiger partial charge in [0.1, 0.15) is 23.4 Å². The van der Waals surface area contributed by atoms with Crippen LogP contribution in [0, 0.1) is 6.92 Å². The number of hydrogen-bond acceptors (Lipinski definition) is 6. The minimum atomic E-state index is -1.50. The highest BCUT2D eigenvalue weighted by molar-refractivity contribution is 6.34. The van der Waals surface area contributed by atoms with Crippen LogP contribution in [0.2, 0.25) is 5.15 Å². The molecule has 2 unspecified atom stereocenters. The average molecular weight is 374 g/mol. The maximum atomic E-state index is 9.11. The van der Waals surface area contributed by atoms with E-state index in [1.54, 1.807) is 0 Å². The predicted molar refractivity (Wildman–Crippen MR) is 97.4 cm³/mol. The van der Waals surface area contributed by atoms with Gasteiger partial charge in [-0.05, 0) is 39.2 Å². The molecule has 0 amide bonds. The molecule has 142 valence electrons. The summed E-state index contributed by atoms with van der Waals surface area (Å²) in [5.74, 6) is -1.50. The van der Waals surface area contributed by atoms with Crippen molar-refractivity contribution in [3.8, 4) is 0 Å². The normalized spacial score (nSPS) is 19.9. The van der Waals surface area contributed by atoms with Gasteiger partial charge in [-0.2, -0.15) is 0 Å². The molecule has 2 aromatic heterocycles. The Bertz CT molecular complexity index is 664. The Morgan fingerprint density at radius 1 is 1.28 bits per heavy atom. The van der Waals surface area contributed by atoms with Crippen molar-refractivity contribution < 1.29 is 20.1 Å². The zero-order chi connectivity index (χ0) is 19.2. The van der Waals surface area contributed by atoms with E-state index in [0.29, 0.717) is 5.15 Å². The fourth-order valence-corrected chi connectivity index (χ4v) is 2.75. The van der Waals surface area contributed by atoms with E-state index in [1.165, 1.54) is 20.2 Å². The Kier molecular flexibility index (Phi) is 8.24. The molecule has 0 bridgehead atoms. The summed E-state index contributed by atoms with van der Waals surface area (Å²) in [4.78, 5) is 8.28. The first-order valence-corrected chi connectivity index (χ1v) is 8.77. The quantitative estimate of drug-likeness (QED) is 0.552. The molecule has 1 fully saturated rings. The molecule has 3 heterocycles. The Balaban J connectivity index is 0.000000388. The highest BCUT2D eigenvalue weighted by Gasteiger charge is 2.27. The fourth-order valence-electron chi connectivity index (χ4n) is 2.47. The van der Waals surface area contributed by atoms with E-state index in [0.717, 1.165) is 29.4 Å². The van der Waals surface area contributed by atoms with E-state index in [4.69, 9.17) is 31.7 Å².